The van der Waals surface area contributed by atoms with Crippen molar-refractivity contribution in [2.75, 3.05) is 7.11 Å². The lowest BCUT2D eigenvalue weighted by Gasteiger charge is -2.15. The van der Waals surface area contributed by atoms with Gasteiger partial charge in [-0.25, -0.2) is 0 Å². The summed E-state index contributed by atoms with van der Waals surface area (Å²) >= 11 is 0. The van der Waals surface area contributed by atoms with Gasteiger partial charge >= 0.3 is 11.9 Å². The van der Waals surface area contributed by atoms with Gasteiger partial charge < -0.3 is 20.3 Å². The topological polar surface area (TPSA) is 98.8 Å². The number of ether oxygens (including phenoxy) is 2. The maximum absolute atomic E-state index is 11.0. The number of esters is 1. The Bertz CT molecular complexity index is 443. The highest BCUT2D eigenvalue weighted by molar-refractivity contribution is 5.78. The number of aliphatic carboxylic acids is 1. The SMILES string of the molecule is COc1cccc([C@H](N)C(=O)O)c1OC(C)=O. The molecule has 0 unspecified atom stereocenters. The van der Waals surface area contributed by atoms with Gasteiger partial charge in [0, 0.05) is 12.5 Å². The Morgan fingerprint density at radius 1 is 1.41 bits per heavy atom. The third-order valence-electron chi connectivity index (χ3n) is 2.08. The van der Waals surface area contributed by atoms with Crippen LogP contribution in [-0.2, 0) is 9.59 Å². The van der Waals surface area contributed by atoms with Gasteiger partial charge in [0.1, 0.15) is 6.04 Å². The van der Waals surface area contributed by atoms with E-state index in [1.54, 1.807) is 12.1 Å². The number of methoxy groups -OCH3 is 1. The van der Waals surface area contributed by atoms with E-state index >= 15 is 0 Å². The minimum absolute atomic E-state index is 0.0393. The van der Waals surface area contributed by atoms with Gasteiger partial charge in [0.2, 0.25) is 0 Å². The Morgan fingerprint density at radius 3 is 2.53 bits per heavy atom. The lowest BCUT2D eigenvalue weighted by molar-refractivity contribution is -0.139. The number of nitrogens with two attached hydrogens (primary N) is 1. The molecule has 1 atom stereocenters. The summed E-state index contributed by atoms with van der Waals surface area (Å²) in [4.78, 5) is 21.8. The summed E-state index contributed by atoms with van der Waals surface area (Å²) < 4.78 is 9.92. The van der Waals surface area contributed by atoms with Crippen molar-refractivity contribution in [1.82, 2.24) is 0 Å². The predicted molar refractivity (Wildman–Crippen MR) is 58.9 cm³/mol. The average Bonchev–Trinajstić information content (AvgIpc) is 2.27. The molecule has 1 rings (SSSR count). The third kappa shape index (κ3) is 2.94. The highest BCUT2D eigenvalue weighted by Gasteiger charge is 2.22. The van der Waals surface area contributed by atoms with Gasteiger partial charge in [-0.15, -0.1) is 0 Å². The fourth-order valence-corrected chi connectivity index (χ4v) is 1.32. The molecule has 0 heterocycles. The zero-order valence-electron chi connectivity index (χ0n) is 9.47. The highest BCUT2D eigenvalue weighted by Crippen LogP contribution is 2.34. The number of carboxylic acid groups (broad SMARTS) is 1. The molecule has 1 aromatic rings. The molecule has 0 fully saturated rings. The van der Waals surface area contributed by atoms with Crippen molar-refractivity contribution in [2.24, 2.45) is 5.73 Å². The van der Waals surface area contributed by atoms with Gasteiger partial charge in [0.05, 0.1) is 7.11 Å². The molecule has 0 saturated heterocycles. The average molecular weight is 239 g/mol. The monoisotopic (exact) mass is 239 g/mol. The molecule has 3 N–H and O–H groups in total. The molecule has 0 bridgehead atoms. The van der Waals surface area contributed by atoms with Crippen molar-refractivity contribution in [3.8, 4) is 11.5 Å². The summed E-state index contributed by atoms with van der Waals surface area (Å²) in [6.07, 6.45) is 0. The van der Waals surface area contributed by atoms with Gasteiger partial charge in [-0.2, -0.15) is 0 Å². The minimum Gasteiger partial charge on any atom is -0.493 e. The van der Waals surface area contributed by atoms with Crippen molar-refractivity contribution >= 4 is 11.9 Å². The van der Waals surface area contributed by atoms with Crippen LogP contribution in [0.15, 0.2) is 18.2 Å². The molecule has 0 amide bonds. The molecule has 0 radical (unpaired) electrons. The van der Waals surface area contributed by atoms with E-state index in [-0.39, 0.29) is 17.1 Å². The van der Waals surface area contributed by atoms with Gasteiger partial charge in [-0.05, 0) is 6.07 Å². The number of carbonyl (C=O) groups is 2. The van der Waals surface area contributed by atoms with Crippen LogP contribution in [0.25, 0.3) is 0 Å². The normalized spacial score (nSPS) is 11.7. The summed E-state index contributed by atoms with van der Waals surface area (Å²) in [5, 5.41) is 8.85. The predicted octanol–water partition coefficient (Wildman–Crippen LogP) is 0.705. The standard InChI is InChI=1S/C11H13NO5/c1-6(13)17-10-7(9(12)11(14)15)4-3-5-8(10)16-2/h3-5,9H,12H2,1-2H3,(H,14,15)/t9-/m0/s1. The summed E-state index contributed by atoms with van der Waals surface area (Å²) in [5.41, 5.74) is 5.68. The quantitative estimate of drug-likeness (QED) is 0.593. The Labute approximate surface area is 97.9 Å². The van der Waals surface area contributed by atoms with Crippen molar-refractivity contribution in [2.45, 2.75) is 13.0 Å². The first-order valence-electron chi connectivity index (χ1n) is 4.81. The van der Waals surface area contributed by atoms with Crippen LogP contribution >= 0.6 is 0 Å². The van der Waals surface area contributed by atoms with E-state index in [0.717, 1.165) is 0 Å². The molecule has 1 aromatic carbocycles. The van der Waals surface area contributed by atoms with Crippen molar-refractivity contribution < 1.29 is 24.2 Å². The largest absolute Gasteiger partial charge is 0.493 e. The second-order valence-electron chi connectivity index (χ2n) is 3.29. The van der Waals surface area contributed by atoms with Crippen LogP contribution < -0.4 is 15.2 Å². The van der Waals surface area contributed by atoms with E-state index in [4.69, 9.17) is 20.3 Å². The van der Waals surface area contributed by atoms with Gasteiger partial charge in [0.25, 0.3) is 0 Å². The van der Waals surface area contributed by atoms with Gasteiger partial charge in [-0.1, -0.05) is 12.1 Å². The molecule has 0 aliphatic heterocycles. The number of carboxylic acids is 1. The maximum atomic E-state index is 11.0. The van der Waals surface area contributed by atoms with Crippen molar-refractivity contribution in [1.29, 1.82) is 0 Å². The smallest absolute Gasteiger partial charge is 0.325 e. The Balaban J connectivity index is 3.28. The van der Waals surface area contributed by atoms with E-state index in [1.165, 1.54) is 20.1 Å². The lowest BCUT2D eigenvalue weighted by atomic mass is 10.1. The van der Waals surface area contributed by atoms with Crippen LogP contribution in [0.2, 0.25) is 0 Å². The van der Waals surface area contributed by atoms with E-state index in [0.29, 0.717) is 0 Å². The van der Waals surface area contributed by atoms with E-state index < -0.39 is 18.0 Å². The lowest BCUT2D eigenvalue weighted by Crippen LogP contribution is -2.22. The molecule has 0 aliphatic carbocycles. The van der Waals surface area contributed by atoms with E-state index in [9.17, 15) is 9.59 Å². The molecule has 6 heteroatoms. The first-order chi connectivity index (χ1) is 7.97. The second kappa shape index (κ2) is 5.31. The maximum Gasteiger partial charge on any atom is 0.325 e. The van der Waals surface area contributed by atoms with Crippen molar-refractivity contribution in [3.63, 3.8) is 0 Å². The van der Waals surface area contributed by atoms with Crippen molar-refractivity contribution in [3.05, 3.63) is 23.8 Å². The van der Waals surface area contributed by atoms with Crippen LogP contribution in [0.5, 0.6) is 11.5 Å². The number of hydrogen-bond acceptors (Lipinski definition) is 5. The molecule has 0 saturated carbocycles. The summed E-state index contributed by atoms with van der Waals surface area (Å²) in [6, 6.07) is 3.32. The molecule has 0 aromatic heterocycles. The number of hydrogen-bond donors (Lipinski definition) is 2. The number of rotatable bonds is 4. The first-order valence-corrected chi connectivity index (χ1v) is 4.81. The fraction of sp³-hybridized carbons (Fsp3) is 0.273. The van der Waals surface area contributed by atoms with Crippen LogP contribution in [0.3, 0.4) is 0 Å². The van der Waals surface area contributed by atoms with Crippen LogP contribution in [0, 0.1) is 0 Å². The van der Waals surface area contributed by atoms with Crippen LogP contribution in [-0.4, -0.2) is 24.2 Å². The van der Waals surface area contributed by atoms with E-state index in [2.05, 4.69) is 0 Å². The van der Waals surface area contributed by atoms with Gasteiger partial charge in [0.15, 0.2) is 11.5 Å². The molecule has 0 aliphatic rings. The number of para-hydroxylation sites is 1. The Morgan fingerprint density at radius 2 is 2.06 bits per heavy atom. The summed E-state index contributed by atoms with van der Waals surface area (Å²) in [6.45, 7) is 1.21. The zero-order chi connectivity index (χ0) is 13.0. The second-order valence-corrected chi connectivity index (χ2v) is 3.29. The molecular weight excluding hydrogens is 226 g/mol. The molecule has 6 nitrogen and oxygen atoms in total. The van der Waals surface area contributed by atoms with E-state index in [1.807, 2.05) is 0 Å². The third-order valence-corrected chi connectivity index (χ3v) is 2.08. The molecular formula is C11H13NO5. The fourth-order valence-electron chi connectivity index (χ4n) is 1.32. The minimum atomic E-state index is -1.28. The zero-order valence-corrected chi connectivity index (χ0v) is 9.47. The highest BCUT2D eigenvalue weighted by atomic mass is 16.6. The van der Waals surface area contributed by atoms with Crippen LogP contribution in [0.4, 0.5) is 0 Å². The summed E-state index contributed by atoms with van der Waals surface area (Å²) in [5.74, 6) is -1.49. The summed E-state index contributed by atoms with van der Waals surface area (Å²) in [7, 11) is 1.39. The van der Waals surface area contributed by atoms with Crippen LogP contribution in [0.1, 0.15) is 18.5 Å². The Kier molecular flexibility index (Phi) is 4.06. The molecule has 17 heavy (non-hydrogen) atoms. The first kappa shape index (κ1) is 13.0. The number of carbonyl (C=O) groups excluding carboxylic acids is 1. The molecule has 92 valence electrons. The number of benzene rings is 1. The Hall–Kier alpha value is -2.08. The molecule has 0 spiro atoms. The van der Waals surface area contributed by atoms with Gasteiger partial charge in [-0.3, -0.25) is 9.59 Å².